The number of aryl methyl sites for hydroxylation is 1. The maximum Gasteiger partial charge on any atom is 0.218 e. The Morgan fingerprint density at radius 3 is 2.11 bits per heavy atom. The van der Waals surface area contributed by atoms with Crippen LogP contribution in [0.25, 0.3) is 44.8 Å². The van der Waals surface area contributed by atoms with E-state index >= 15 is 0 Å². The number of carbonyl (C=O) groups is 1. The third-order valence-electron chi connectivity index (χ3n) is 5.44. The first-order valence-electron chi connectivity index (χ1n) is 11.3. The summed E-state index contributed by atoms with van der Waals surface area (Å²) in [5.74, 6) is 0.815. The molecule has 0 amide bonds. The number of furan rings is 1. The predicted molar refractivity (Wildman–Crippen MR) is 141 cm³/mol. The molecule has 0 saturated carbocycles. The molecule has 1 N–H and O–H groups in total. The van der Waals surface area contributed by atoms with Crippen molar-refractivity contribution in [2.45, 2.75) is 20.8 Å². The SMILES string of the molecule is CC(=O)/C=C(/C)O.Cc1c(-c2ccccc2)oc2nc(-c3[c-]ccc(-c4ccccc4)c3)ccc12.[Ir]. The van der Waals surface area contributed by atoms with Gasteiger partial charge in [0.15, 0.2) is 5.78 Å². The number of benzene rings is 3. The molecule has 183 valence electrons. The number of rotatable bonds is 4. The van der Waals surface area contributed by atoms with E-state index in [9.17, 15) is 4.79 Å². The van der Waals surface area contributed by atoms with Gasteiger partial charge in [0.25, 0.3) is 0 Å². The summed E-state index contributed by atoms with van der Waals surface area (Å²) in [5.41, 5.74) is 6.99. The van der Waals surface area contributed by atoms with E-state index in [0.717, 1.165) is 39.1 Å². The van der Waals surface area contributed by atoms with Crippen LogP contribution in [0.15, 0.2) is 107 Å². The summed E-state index contributed by atoms with van der Waals surface area (Å²) in [5, 5.41) is 9.41. The molecule has 0 aliphatic carbocycles. The predicted octanol–water partition coefficient (Wildman–Crippen LogP) is 7.97. The van der Waals surface area contributed by atoms with Crippen molar-refractivity contribution in [2.75, 3.05) is 0 Å². The van der Waals surface area contributed by atoms with Gasteiger partial charge in [-0.1, -0.05) is 72.8 Å². The number of ketones is 1. The van der Waals surface area contributed by atoms with Crippen molar-refractivity contribution in [3.63, 3.8) is 0 Å². The van der Waals surface area contributed by atoms with E-state index in [-0.39, 0.29) is 31.6 Å². The summed E-state index contributed by atoms with van der Waals surface area (Å²) < 4.78 is 6.14. The van der Waals surface area contributed by atoms with E-state index in [1.165, 1.54) is 25.5 Å². The van der Waals surface area contributed by atoms with Gasteiger partial charge in [0.2, 0.25) is 5.71 Å². The minimum absolute atomic E-state index is 0. The topological polar surface area (TPSA) is 63.3 Å². The first-order valence-corrected chi connectivity index (χ1v) is 11.3. The molecule has 0 spiro atoms. The first kappa shape index (κ1) is 26.8. The molecule has 0 bridgehead atoms. The van der Waals surface area contributed by atoms with E-state index in [0.29, 0.717) is 5.71 Å². The molecule has 0 saturated heterocycles. The summed E-state index contributed by atoms with van der Waals surface area (Å²) in [6.45, 7) is 4.93. The standard InChI is InChI=1S/C26H18NO.C5H8O2.Ir/c1-18-23-15-16-24(27-26(23)28-25(18)20-11-6-3-7-12-20)22-14-8-13-21(17-22)19-9-4-2-5-10-19;1-4(6)3-5(2)7;/h2-13,15-17H,1H3;3,6H,1-2H3;/q-1;;/b;4-3-;. The maximum atomic E-state index is 10.0. The van der Waals surface area contributed by atoms with Gasteiger partial charge in [0.05, 0.1) is 5.76 Å². The number of allylic oxidation sites excluding steroid dienone is 2. The molecular formula is C31H26IrNO3-. The number of hydrogen-bond donors (Lipinski definition) is 1. The van der Waals surface area contributed by atoms with Crippen LogP contribution in [0.3, 0.4) is 0 Å². The Hall–Kier alpha value is -3.79. The Morgan fingerprint density at radius 2 is 1.53 bits per heavy atom. The molecule has 0 aliphatic heterocycles. The van der Waals surface area contributed by atoms with Gasteiger partial charge in [-0.3, -0.25) is 9.78 Å². The Bertz CT molecular complexity index is 1480. The number of hydrogen-bond acceptors (Lipinski definition) is 4. The van der Waals surface area contributed by atoms with Crippen molar-refractivity contribution in [3.05, 3.63) is 114 Å². The third-order valence-corrected chi connectivity index (χ3v) is 5.44. The number of nitrogens with zero attached hydrogens (tertiary/aromatic N) is 1. The largest absolute Gasteiger partial charge is 0.512 e. The van der Waals surface area contributed by atoms with Gasteiger partial charge in [-0.25, -0.2) is 0 Å². The molecule has 1 radical (unpaired) electrons. The van der Waals surface area contributed by atoms with Gasteiger partial charge >= 0.3 is 0 Å². The fraction of sp³-hybridized carbons (Fsp3) is 0.0968. The fourth-order valence-electron chi connectivity index (χ4n) is 3.83. The van der Waals surface area contributed by atoms with Crippen LogP contribution in [-0.4, -0.2) is 15.9 Å². The summed E-state index contributed by atoms with van der Waals surface area (Å²) in [7, 11) is 0. The van der Waals surface area contributed by atoms with E-state index < -0.39 is 0 Å². The zero-order valence-corrected chi connectivity index (χ0v) is 22.7. The monoisotopic (exact) mass is 653 g/mol. The number of carbonyl (C=O) groups excluding carboxylic acids is 1. The second kappa shape index (κ2) is 12.3. The average molecular weight is 653 g/mol. The molecule has 4 nitrogen and oxygen atoms in total. The van der Waals surface area contributed by atoms with Crippen LogP contribution >= 0.6 is 0 Å². The molecule has 5 heteroatoms. The van der Waals surface area contributed by atoms with Gasteiger partial charge in [-0.05, 0) is 32.0 Å². The molecule has 2 heterocycles. The van der Waals surface area contributed by atoms with E-state index in [1.807, 2.05) is 48.5 Å². The van der Waals surface area contributed by atoms with Gasteiger partial charge in [0.1, 0.15) is 5.76 Å². The van der Waals surface area contributed by atoms with Crippen molar-refractivity contribution in [1.29, 1.82) is 0 Å². The van der Waals surface area contributed by atoms with Crippen LogP contribution in [0.1, 0.15) is 19.4 Å². The minimum Gasteiger partial charge on any atom is -0.512 e. The quantitative estimate of drug-likeness (QED) is 0.122. The molecule has 0 unspecified atom stereocenters. The minimum atomic E-state index is -0.125. The van der Waals surface area contributed by atoms with Crippen LogP contribution in [0, 0.1) is 13.0 Å². The number of pyridine rings is 1. The zero-order valence-electron chi connectivity index (χ0n) is 20.3. The average Bonchev–Trinajstić information content (AvgIpc) is 3.20. The Morgan fingerprint density at radius 1 is 0.889 bits per heavy atom. The molecule has 36 heavy (non-hydrogen) atoms. The Kier molecular flexibility index (Phi) is 9.13. The molecule has 5 aromatic rings. The van der Waals surface area contributed by atoms with Gasteiger partial charge in [-0.15, -0.1) is 35.4 Å². The van der Waals surface area contributed by atoms with Crippen molar-refractivity contribution in [2.24, 2.45) is 0 Å². The molecule has 0 aliphatic rings. The van der Waals surface area contributed by atoms with E-state index in [1.54, 1.807) is 0 Å². The van der Waals surface area contributed by atoms with E-state index in [2.05, 4.69) is 55.5 Å². The number of aromatic nitrogens is 1. The molecule has 0 atom stereocenters. The van der Waals surface area contributed by atoms with Gasteiger partial charge in [-0.2, -0.15) is 0 Å². The molecule has 2 aromatic heterocycles. The smallest absolute Gasteiger partial charge is 0.218 e. The van der Waals surface area contributed by atoms with Gasteiger partial charge < -0.3 is 9.52 Å². The summed E-state index contributed by atoms with van der Waals surface area (Å²) in [6, 6.07) is 34.1. The van der Waals surface area contributed by atoms with Crippen LogP contribution in [-0.2, 0) is 24.9 Å². The van der Waals surface area contributed by atoms with Crippen molar-refractivity contribution in [3.8, 4) is 33.7 Å². The Balaban J connectivity index is 0.000000400. The molecular weight excluding hydrogens is 627 g/mol. The zero-order chi connectivity index (χ0) is 24.8. The fourth-order valence-corrected chi connectivity index (χ4v) is 3.83. The van der Waals surface area contributed by atoms with E-state index in [4.69, 9.17) is 14.5 Å². The van der Waals surface area contributed by atoms with Crippen LogP contribution in [0.5, 0.6) is 0 Å². The molecule has 3 aromatic carbocycles. The van der Waals surface area contributed by atoms with Crippen LogP contribution in [0.2, 0.25) is 0 Å². The number of aliphatic hydroxyl groups excluding tert-OH is 1. The number of fused-ring (bicyclic) bond motifs is 1. The van der Waals surface area contributed by atoms with Crippen molar-refractivity contribution in [1.82, 2.24) is 4.98 Å². The maximum absolute atomic E-state index is 10.0. The molecule has 5 rings (SSSR count). The second-order valence-corrected chi connectivity index (χ2v) is 8.22. The first-order chi connectivity index (χ1) is 16.9. The third kappa shape index (κ3) is 6.45. The summed E-state index contributed by atoms with van der Waals surface area (Å²) in [6.07, 6.45) is 1.17. The van der Waals surface area contributed by atoms with Crippen LogP contribution in [0.4, 0.5) is 0 Å². The normalized spacial score (nSPS) is 10.8. The molecule has 0 fully saturated rings. The van der Waals surface area contributed by atoms with Crippen molar-refractivity contribution >= 4 is 16.9 Å². The number of aliphatic hydroxyl groups is 1. The Labute approximate surface area is 224 Å². The summed E-state index contributed by atoms with van der Waals surface area (Å²) >= 11 is 0. The summed E-state index contributed by atoms with van der Waals surface area (Å²) in [4.78, 5) is 14.8. The van der Waals surface area contributed by atoms with Crippen LogP contribution < -0.4 is 0 Å². The second-order valence-electron chi connectivity index (χ2n) is 8.22. The van der Waals surface area contributed by atoms with Crippen molar-refractivity contribution < 1.29 is 34.4 Å². The van der Waals surface area contributed by atoms with Gasteiger partial charge in [0, 0.05) is 42.7 Å².